The second-order valence-electron chi connectivity index (χ2n) is 9.60. The third-order valence-electron chi connectivity index (χ3n) is 6.79. The lowest BCUT2D eigenvalue weighted by Gasteiger charge is -2.09. The zero-order valence-electron chi connectivity index (χ0n) is 21.6. The maximum Gasteiger partial charge on any atom is 0.268 e. The van der Waals surface area contributed by atoms with Crippen molar-refractivity contribution in [1.29, 1.82) is 0 Å². The summed E-state index contributed by atoms with van der Waals surface area (Å²) >= 11 is 1.48. The van der Waals surface area contributed by atoms with E-state index in [0.717, 1.165) is 28.9 Å². The number of aryl methyl sites for hydroxylation is 1. The van der Waals surface area contributed by atoms with Crippen molar-refractivity contribution in [3.63, 3.8) is 0 Å². The van der Waals surface area contributed by atoms with E-state index in [1.165, 1.54) is 36.2 Å². The van der Waals surface area contributed by atoms with Crippen LogP contribution in [-0.2, 0) is 11.3 Å². The van der Waals surface area contributed by atoms with Gasteiger partial charge in [0.05, 0.1) is 22.5 Å². The minimum atomic E-state index is -0.439. The van der Waals surface area contributed by atoms with Crippen LogP contribution in [0.25, 0.3) is 16.6 Å². The van der Waals surface area contributed by atoms with Gasteiger partial charge in [0.1, 0.15) is 0 Å². The van der Waals surface area contributed by atoms with Crippen molar-refractivity contribution in [3.8, 4) is 0 Å². The molecule has 4 N–H and O–H groups in total. The Balaban J connectivity index is 1.35. The molecular weight excluding hydrogens is 510 g/mol. The minimum Gasteiger partial charge on any atom is -0.378 e. The molecule has 0 fully saturated rings. The Hall–Kier alpha value is -4.24. The van der Waals surface area contributed by atoms with Crippen molar-refractivity contribution in [2.24, 2.45) is 5.73 Å². The largest absolute Gasteiger partial charge is 0.378 e. The van der Waals surface area contributed by atoms with Gasteiger partial charge in [0.2, 0.25) is 11.9 Å². The predicted molar refractivity (Wildman–Crippen MR) is 156 cm³/mol. The van der Waals surface area contributed by atoms with Crippen molar-refractivity contribution in [2.75, 3.05) is 17.2 Å². The number of Topliss-reactive ketones (excluding diaryl/α,β-unsaturated/α-hetero) is 1. The molecule has 1 aliphatic rings. The highest BCUT2D eigenvalue weighted by Crippen LogP contribution is 2.32. The van der Waals surface area contributed by atoms with Gasteiger partial charge < -0.3 is 15.6 Å². The number of hydrogen-bond acceptors (Lipinski definition) is 6. The van der Waals surface area contributed by atoms with Gasteiger partial charge in [-0.3, -0.25) is 19.7 Å². The van der Waals surface area contributed by atoms with Crippen molar-refractivity contribution >= 4 is 57.2 Å². The summed E-state index contributed by atoms with van der Waals surface area (Å²) < 4.78 is 1.79. The molecule has 200 valence electrons. The van der Waals surface area contributed by atoms with E-state index in [0.29, 0.717) is 21.9 Å². The van der Waals surface area contributed by atoms with E-state index in [9.17, 15) is 14.4 Å². The molecule has 0 spiro atoms. The molecule has 0 aliphatic heterocycles. The molecule has 0 bridgehead atoms. The van der Waals surface area contributed by atoms with E-state index in [4.69, 9.17) is 5.73 Å². The summed E-state index contributed by atoms with van der Waals surface area (Å²) in [5, 5.41) is 6.09. The zero-order chi connectivity index (χ0) is 27.2. The van der Waals surface area contributed by atoms with Gasteiger partial charge in [-0.05, 0) is 61.6 Å². The Morgan fingerprint density at radius 3 is 2.67 bits per heavy atom. The summed E-state index contributed by atoms with van der Waals surface area (Å²) in [6.07, 6.45) is 8.14. The first-order valence-corrected chi connectivity index (χ1v) is 14.0. The van der Waals surface area contributed by atoms with Crippen LogP contribution in [0.5, 0.6) is 0 Å². The van der Waals surface area contributed by atoms with E-state index in [-0.39, 0.29) is 31.2 Å². The molecule has 8 nitrogen and oxygen atoms in total. The van der Waals surface area contributed by atoms with Crippen LogP contribution in [0.3, 0.4) is 0 Å². The number of fused-ring (bicyclic) bond motifs is 1. The molecule has 5 rings (SSSR count). The Kier molecular flexibility index (Phi) is 8.17. The van der Waals surface area contributed by atoms with Gasteiger partial charge in [-0.15, -0.1) is 11.3 Å². The number of rotatable bonds is 10. The average Bonchev–Trinajstić information content (AvgIpc) is 3.46. The number of carbonyl (C=O) groups excluding carboxylic acids is 3. The molecule has 0 atom stereocenters. The van der Waals surface area contributed by atoms with Crippen LogP contribution < -0.4 is 16.4 Å². The Morgan fingerprint density at radius 1 is 1.00 bits per heavy atom. The Bertz CT molecular complexity index is 1540. The number of anilines is 2. The number of ketones is 1. The monoisotopic (exact) mass is 541 g/mol. The second-order valence-corrected chi connectivity index (χ2v) is 10.7. The molecule has 9 heteroatoms. The molecule has 0 saturated carbocycles. The molecule has 1 aliphatic carbocycles. The van der Waals surface area contributed by atoms with Crippen LogP contribution in [-0.4, -0.2) is 33.7 Å². The molecule has 2 amide bonds. The molecule has 4 aromatic rings. The summed E-state index contributed by atoms with van der Waals surface area (Å²) in [6.45, 7) is 0.419. The van der Waals surface area contributed by atoms with Gasteiger partial charge in [-0.1, -0.05) is 42.8 Å². The average molecular weight is 542 g/mol. The SMILES string of the molecule is NC(=O)CCn1c(NC(=O)c2ccc(C3=CCCCCC3)s2)nc2cc(NCC(=O)c3ccccc3)ccc21. The van der Waals surface area contributed by atoms with Crippen molar-refractivity contribution < 1.29 is 14.4 Å². The number of nitrogens with zero attached hydrogens (tertiary/aromatic N) is 2. The number of primary amides is 1. The van der Waals surface area contributed by atoms with Crippen LogP contribution in [0.2, 0.25) is 0 Å². The standard InChI is InChI=1S/C30H31N5O3S/c31-28(37)16-17-35-24-13-12-22(32-19-25(36)20-8-6-3-7-9-20)18-23(24)33-30(35)34-29(38)27-15-14-26(39-27)21-10-4-1-2-5-11-21/h3,6-10,12-15,18,32H,1-2,4-5,11,16-17,19H2,(H2,31,37)(H,33,34,38). The second kappa shape index (κ2) is 12.1. The first-order chi connectivity index (χ1) is 19.0. The van der Waals surface area contributed by atoms with Gasteiger partial charge in [-0.25, -0.2) is 4.98 Å². The zero-order valence-corrected chi connectivity index (χ0v) is 22.4. The number of imidazole rings is 1. The number of aromatic nitrogens is 2. The Morgan fingerprint density at radius 2 is 1.85 bits per heavy atom. The number of allylic oxidation sites excluding steroid dienone is 2. The highest BCUT2D eigenvalue weighted by Gasteiger charge is 2.18. The fraction of sp³-hybridized carbons (Fsp3) is 0.267. The van der Waals surface area contributed by atoms with E-state index < -0.39 is 5.91 Å². The predicted octanol–water partition coefficient (Wildman–Crippen LogP) is 5.87. The summed E-state index contributed by atoms with van der Waals surface area (Å²) in [7, 11) is 0. The fourth-order valence-corrected chi connectivity index (χ4v) is 5.70. The molecule has 2 aromatic heterocycles. The summed E-state index contributed by atoms with van der Waals surface area (Å²) in [6, 6.07) is 18.5. The van der Waals surface area contributed by atoms with E-state index in [2.05, 4.69) is 21.7 Å². The topological polar surface area (TPSA) is 119 Å². The fourth-order valence-electron chi connectivity index (χ4n) is 4.73. The summed E-state index contributed by atoms with van der Waals surface area (Å²) in [5.41, 5.74) is 9.47. The van der Waals surface area contributed by atoms with Gasteiger partial charge in [0.25, 0.3) is 5.91 Å². The van der Waals surface area contributed by atoms with Crippen LogP contribution >= 0.6 is 11.3 Å². The van der Waals surface area contributed by atoms with Crippen LogP contribution in [0.15, 0.2) is 66.7 Å². The number of thiophene rings is 1. The molecular formula is C30H31N5O3S. The third-order valence-corrected chi connectivity index (χ3v) is 7.95. The lowest BCUT2D eigenvalue weighted by molar-refractivity contribution is -0.118. The molecule has 0 saturated heterocycles. The number of hydrogen-bond donors (Lipinski definition) is 3. The Labute approximate surface area is 230 Å². The van der Waals surface area contributed by atoms with Crippen molar-refractivity contribution in [2.45, 2.75) is 45.1 Å². The lowest BCUT2D eigenvalue weighted by atomic mass is 10.1. The normalized spacial score (nSPS) is 13.5. The number of carbonyl (C=O) groups is 3. The van der Waals surface area contributed by atoms with Crippen molar-refractivity contribution in [3.05, 3.63) is 82.1 Å². The maximum absolute atomic E-state index is 13.2. The van der Waals surface area contributed by atoms with Crippen LogP contribution in [0, 0.1) is 0 Å². The summed E-state index contributed by atoms with van der Waals surface area (Å²) in [4.78, 5) is 43.6. The number of amides is 2. The van der Waals surface area contributed by atoms with Crippen molar-refractivity contribution in [1.82, 2.24) is 9.55 Å². The molecule has 0 radical (unpaired) electrons. The first-order valence-electron chi connectivity index (χ1n) is 13.2. The molecule has 2 heterocycles. The third kappa shape index (κ3) is 6.43. The highest BCUT2D eigenvalue weighted by molar-refractivity contribution is 7.15. The van der Waals surface area contributed by atoms with Crippen LogP contribution in [0.4, 0.5) is 11.6 Å². The molecule has 0 unspecified atom stereocenters. The number of nitrogens with two attached hydrogens (primary N) is 1. The smallest absolute Gasteiger partial charge is 0.268 e. The quantitative estimate of drug-likeness (QED) is 0.217. The number of benzene rings is 2. The van der Waals surface area contributed by atoms with E-state index in [1.54, 1.807) is 16.7 Å². The minimum absolute atomic E-state index is 0.0226. The highest BCUT2D eigenvalue weighted by atomic mass is 32.1. The maximum atomic E-state index is 13.2. The number of nitrogens with one attached hydrogen (secondary N) is 2. The van der Waals surface area contributed by atoms with Gasteiger partial charge in [0.15, 0.2) is 5.78 Å². The van der Waals surface area contributed by atoms with Gasteiger partial charge in [0, 0.05) is 29.1 Å². The van der Waals surface area contributed by atoms with Gasteiger partial charge >= 0.3 is 0 Å². The van der Waals surface area contributed by atoms with Crippen LogP contribution in [0.1, 0.15) is 63.4 Å². The van der Waals surface area contributed by atoms with E-state index in [1.807, 2.05) is 48.5 Å². The van der Waals surface area contributed by atoms with Gasteiger partial charge in [-0.2, -0.15) is 0 Å². The molecule has 2 aromatic carbocycles. The summed E-state index contributed by atoms with van der Waals surface area (Å²) in [5.74, 6) is -0.364. The lowest BCUT2D eigenvalue weighted by Crippen LogP contribution is -2.18. The first kappa shape index (κ1) is 26.4. The molecule has 39 heavy (non-hydrogen) atoms. The van der Waals surface area contributed by atoms with E-state index >= 15 is 0 Å².